The fourth-order valence-corrected chi connectivity index (χ4v) is 5.39. The molecule has 0 atom stereocenters. The second kappa shape index (κ2) is 9.76. The highest BCUT2D eigenvalue weighted by Gasteiger charge is 2.28. The normalized spacial score (nSPS) is 20.8. The van der Waals surface area contributed by atoms with E-state index < -0.39 is 34.6 Å². The molecule has 0 nitrogen and oxygen atoms in total. The van der Waals surface area contributed by atoms with E-state index in [0.29, 0.717) is 42.0 Å². The SMILES string of the molecule is CCCCCC1CCC(C2=CCc3c(cc(F)c(-c4cc(F)c(F)c(F)c4)c3F)C2)CC1. The molecule has 0 N–H and O–H groups in total. The number of hydrogen-bond donors (Lipinski definition) is 0. The lowest BCUT2D eigenvalue weighted by Gasteiger charge is -2.32. The molecule has 0 saturated heterocycles. The van der Waals surface area contributed by atoms with Crippen LogP contribution in [0.2, 0.25) is 0 Å². The van der Waals surface area contributed by atoms with Crippen molar-refractivity contribution in [3.8, 4) is 11.1 Å². The summed E-state index contributed by atoms with van der Waals surface area (Å²) in [5, 5.41) is 0. The molecule has 1 saturated carbocycles. The molecule has 0 amide bonds. The lowest BCUT2D eigenvalue weighted by atomic mass is 9.73. The van der Waals surface area contributed by atoms with Gasteiger partial charge >= 0.3 is 0 Å². The van der Waals surface area contributed by atoms with Gasteiger partial charge in [-0.2, -0.15) is 0 Å². The van der Waals surface area contributed by atoms with Gasteiger partial charge in [0.05, 0.1) is 5.56 Å². The van der Waals surface area contributed by atoms with Crippen molar-refractivity contribution in [2.24, 2.45) is 11.8 Å². The highest BCUT2D eigenvalue weighted by Crippen LogP contribution is 2.40. The van der Waals surface area contributed by atoms with Crippen molar-refractivity contribution in [3.05, 3.63) is 70.1 Å². The molecule has 2 aliphatic rings. The molecule has 0 aliphatic heterocycles. The summed E-state index contributed by atoms with van der Waals surface area (Å²) in [6, 6.07) is 2.54. The minimum absolute atomic E-state index is 0.326. The van der Waals surface area contributed by atoms with Gasteiger partial charge in [-0.15, -0.1) is 0 Å². The van der Waals surface area contributed by atoms with Crippen molar-refractivity contribution in [3.63, 3.8) is 0 Å². The van der Waals surface area contributed by atoms with Gasteiger partial charge in [0.15, 0.2) is 17.5 Å². The number of hydrogen-bond acceptors (Lipinski definition) is 0. The highest BCUT2D eigenvalue weighted by atomic mass is 19.2. The molecule has 0 unspecified atom stereocenters. The standard InChI is InChI=1S/C27H29F5/c1-2-3-4-5-16-6-8-17(9-7-16)18-10-11-21-19(12-18)13-22(28)25(26(21)31)20-14-23(29)27(32)24(30)15-20/h10,13-17H,2-9,11-12H2,1H3. The second-order valence-corrected chi connectivity index (χ2v) is 9.31. The molecule has 0 radical (unpaired) electrons. The summed E-state index contributed by atoms with van der Waals surface area (Å²) < 4.78 is 70.6. The van der Waals surface area contributed by atoms with Crippen LogP contribution in [0.25, 0.3) is 11.1 Å². The third-order valence-corrected chi connectivity index (χ3v) is 7.23. The smallest absolute Gasteiger partial charge is 0.194 e. The van der Waals surface area contributed by atoms with E-state index in [1.165, 1.54) is 50.2 Å². The lowest BCUT2D eigenvalue weighted by Crippen LogP contribution is -2.20. The number of halogens is 5. The fourth-order valence-electron chi connectivity index (χ4n) is 5.39. The summed E-state index contributed by atoms with van der Waals surface area (Å²) in [7, 11) is 0. The van der Waals surface area contributed by atoms with E-state index in [9.17, 15) is 17.6 Å². The molecule has 1 fully saturated rings. The molecule has 4 rings (SSSR count). The van der Waals surface area contributed by atoms with Crippen LogP contribution in [0, 0.1) is 40.9 Å². The minimum atomic E-state index is -1.65. The van der Waals surface area contributed by atoms with Crippen LogP contribution in [-0.2, 0) is 12.8 Å². The Morgan fingerprint density at radius 1 is 0.812 bits per heavy atom. The molecule has 2 aromatic rings. The van der Waals surface area contributed by atoms with E-state index in [2.05, 4.69) is 6.92 Å². The van der Waals surface area contributed by atoms with Gasteiger partial charge in [0.1, 0.15) is 11.6 Å². The van der Waals surface area contributed by atoms with Crippen molar-refractivity contribution in [2.75, 3.05) is 0 Å². The van der Waals surface area contributed by atoms with Crippen molar-refractivity contribution in [2.45, 2.75) is 71.1 Å². The minimum Gasteiger partial charge on any atom is -0.206 e. The van der Waals surface area contributed by atoms with Gasteiger partial charge in [0.25, 0.3) is 0 Å². The number of rotatable bonds is 6. The molecule has 0 aromatic heterocycles. The third-order valence-electron chi connectivity index (χ3n) is 7.23. The Hall–Kier alpha value is -2.17. The van der Waals surface area contributed by atoms with Crippen LogP contribution in [0.3, 0.4) is 0 Å². The number of benzene rings is 2. The number of allylic oxidation sites excluding steroid dienone is 2. The topological polar surface area (TPSA) is 0 Å². The second-order valence-electron chi connectivity index (χ2n) is 9.31. The number of fused-ring (bicyclic) bond motifs is 1. The van der Waals surface area contributed by atoms with E-state index in [4.69, 9.17) is 0 Å². The van der Waals surface area contributed by atoms with Crippen molar-refractivity contribution in [1.82, 2.24) is 0 Å². The maximum Gasteiger partial charge on any atom is 0.194 e. The lowest BCUT2D eigenvalue weighted by molar-refractivity contribution is 0.279. The zero-order valence-corrected chi connectivity index (χ0v) is 18.4. The maximum absolute atomic E-state index is 15.2. The van der Waals surface area contributed by atoms with Gasteiger partial charge in [-0.3, -0.25) is 0 Å². The fraction of sp³-hybridized carbons (Fsp3) is 0.481. The molecule has 2 aliphatic carbocycles. The Morgan fingerprint density at radius 2 is 1.50 bits per heavy atom. The quantitative estimate of drug-likeness (QED) is 0.180. The summed E-state index contributed by atoms with van der Waals surface area (Å²) >= 11 is 0. The van der Waals surface area contributed by atoms with E-state index in [-0.39, 0.29) is 5.56 Å². The van der Waals surface area contributed by atoms with E-state index >= 15 is 4.39 Å². The monoisotopic (exact) mass is 448 g/mol. The molecule has 0 heterocycles. The van der Waals surface area contributed by atoms with E-state index in [1.54, 1.807) is 0 Å². The Balaban J connectivity index is 1.51. The molecule has 172 valence electrons. The first-order valence-electron chi connectivity index (χ1n) is 11.7. The maximum atomic E-state index is 15.2. The van der Waals surface area contributed by atoms with Crippen LogP contribution in [0.5, 0.6) is 0 Å². The van der Waals surface area contributed by atoms with Crippen molar-refractivity contribution >= 4 is 0 Å². The predicted molar refractivity (Wildman–Crippen MR) is 117 cm³/mol. The van der Waals surface area contributed by atoms with E-state index in [1.807, 2.05) is 6.08 Å². The third kappa shape index (κ3) is 4.62. The Bertz CT molecular complexity index is 992. The molecule has 32 heavy (non-hydrogen) atoms. The van der Waals surface area contributed by atoms with Crippen LogP contribution < -0.4 is 0 Å². The van der Waals surface area contributed by atoms with E-state index in [0.717, 1.165) is 18.8 Å². The first-order chi connectivity index (χ1) is 15.4. The summed E-state index contributed by atoms with van der Waals surface area (Å²) in [4.78, 5) is 0. The molecule has 2 aromatic carbocycles. The molecule has 5 heteroatoms. The van der Waals surface area contributed by atoms with Crippen LogP contribution >= 0.6 is 0 Å². The highest BCUT2D eigenvalue weighted by molar-refractivity contribution is 5.67. The van der Waals surface area contributed by atoms with Gasteiger partial charge < -0.3 is 0 Å². The van der Waals surface area contributed by atoms with Gasteiger partial charge in [-0.05, 0) is 85.3 Å². The first-order valence-corrected chi connectivity index (χ1v) is 11.7. The predicted octanol–water partition coefficient (Wildman–Crippen LogP) is 8.46. The number of unbranched alkanes of at least 4 members (excludes halogenated alkanes) is 2. The molecule has 0 bridgehead atoms. The average molecular weight is 449 g/mol. The van der Waals surface area contributed by atoms with Gasteiger partial charge in [-0.1, -0.05) is 44.3 Å². The zero-order valence-electron chi connectivity index (χ0n) is 18.4. The Morgan fingerprint density at radius 3 is 2.16 bits per heavy atom. The Labute approximate surface area is 186 Å². The van der Waals surface area contributed by atoms with Crippen LogP contribution in [0.15, 0.2) is 29.8 Å². The van der Waals surface area contributed by atoms with Crippen LogP contribution in [0.4, 0.5) is 22.0 Å². The summed E-state index contributed by atoms with van der Waals surface area (Å²) in [5.41, 5.74) is 1.34. The molecular weight excluding hydrogens is 419 g/mol. The van der Waals surface area contributed by atoms with Gasteiger partial charge in [0.2, 0.25) is 0 Å². The zero-order chi connectivity index (χ0) is 22.8. The van der Waals surface area contributed by atoms with Crippen LogP contribution in [-0.4, -0.2) is 0 Å². The largest absolute Gasteiger partial charge is 0.206 e. The van der Waals surface area contributed by atoms with Crippen LogP contribution in [0.1, 0.15) is 69.4 Å². The molecular formula is C27H29F5. The summed E-state index contributed by atoms with van der Waals surface area (Å²) in [6.45, 7) is 2.22. The first kappa shape index (κ1) is 23.0. The summed E-state index contributed by atoms with van der Waals surface area (Å²) in [6.07, 6.45) is 12.7. The Kier molecular flexibility index (Phi) is 7.02. The molecule has 0 spiro atoms. The van der Waals surface area contributed by atoms with Crippen molar-refractivity contribution in [1.29, 1.82) is 0 Å². The average Bonchev–Trinajstić information content (AvgIpc) is 2.77. The van der Waals surface area contributed by atoms with Crippen molar-refractivity contribution < 1.29 is 22.0 Å². The van der Waals surface area contributed by atoms with Gasteiger partial charge in [0, 0.05) is 0 Å². The summed E-state index contributed by atoms with van der Waals surface area (Å²) in [5.74, 6) is -5.04. The van der Waals surface area contributed by atoms with Gasteiger partial charge in [-0.25, -0.2) is 22.0 Å².